The molecule has 29 heavy (non-hydrogen) atoms. The highest BCUT2D eigenvalue weighted by atomic mass is 127. The first-order valence-corrected chi connectivity index (χ1v) is 10.5. The highest BCUT2D eigenvalue weighted by molar-refractivity contribution is 14.1. The number of benzene rings is 2. The number of nitrogens with zero attached hydrogens (tertiary/aromatic N) is 3. The van der Waals surface area contributed by atoms with Gasteiger partial charge in [-0.25, -0.2) is 4.99 Å². The van der Waals surface area contributed by atoms with Crippen molar-refractivity contribution in [1.82, 2.24) is 4.98 Å². The van der Waals surface area contributed by atoms with Crippen LogP contribution in [-0.4, -0.2) is 28.7 Å². The van der Waals surface area contributed by atoms with Crippen molar-refractivity contribution in [3.8, 4) is 0 Å². The molecule has 0 bridgehead atoms. The topological polar surface area (TPSA) is 54.8 Å². The first kappa shape index (κ1) is 18.7. The fourth-order valence-corrected chi connectivity index (χ4v) is 4.86. The van der Waals surface area contributed by atoms with Crippen LogP contribution in [0, 0.1) is 20.8 Å². The Bertz CT molecular complexity index is 1220. The van der Waals surface area contributed by atoms with Crippen LogP contribution in [0.25, 0.3) is 10.8 Å². The number of ketones is 1. The smallest absolute Gasteiger partial charge is 0.205 e. The van der Waals surface area contributed by atoms with E-state index >= 15 is 0 Å². The Morgan fingerprint density at radius 2 is 1.86 bits per heavy atom. The Labute approximate surface area is 183 Å². The molecule has 0 N–H and O–H groups in total. The Hall–Kier alpha value is -2.32. The van der Waals surface area contributed by atoms with Crippen LogP contribution in [0.3, 0.4) is 0 Å². The number of anilines is 1. The molecule has 2 aliphatic rings. The van der Waals surface area contributed by atoms with Gasteiger partial charge in [-0.2, -0.15) is 0 Å². The maximum absolute atomic E-state index is 13.5. The third-order valence-electron chi connectivity index (χ3n) is 6.04. The number of hydrogen-bond acceptors (Lipinski definition) is 5. The molecule has 5 nitrogen and oxygen atoms in total. The second-order valence-electron chi connectivity index (χ2n) is 7.88. The summed E-state index contributed by atoms with van der Waals surface area (Å²) in [5.41, 5.74) is 4.55. The Balaban J connectivity index is 1.68. The molecule has 2 aliphatic heterocycles. The number of aryl methyl sites for hydroxylation is 3. The van der Waals surface area contributed by atoms with Crippen molar-refractivity contribution in [3.05, 3.63) is 65.0 Å². The van der Waals surface area contributed by atoms with Crippen molar-refractivity contribution >= 4 is 56.8 Å². The van der Waals surface area contributed by atoms with Crippen molar-refractivity contribution < 1.29 is 7.86 Å². The molecule has 5 rings (SSSR count). The second kappa shape index (κ2) is 6.60. The lowest BCUT2D eigenvalue weighted by molar-refractivity contribution is 0.0769. The zero-order valence-electron chi connectivity index (χ0n) is 16.5. The molecule has 2 aromatic carbocycles. The van der Waals surface area contributed by atoms with E-state index in [0.717, 1.165) is 39.0 Å². The fourth-order valence-electron chi connectivity index (χ4n) is 4.24. The molecule has 1 saturated heterocycles. The Morgan fingerprint density at radius 3 is 2.66 bits per heavy atom. The molecule has 146 valence electrons. The number of aliphatic imine (C=N–C) groups is 1. The van der Waals surface area contributed by atoms with Gasteiger partial charge in [0, 0.05) is 41.5 Å². The molecule has 3 heterocycles. The maximum atomic E-state index is 13.5. The van der Waals surface area contributed by atoms with Crippen LogP contribution < -0.4 is 4.90 Å². The Morgan fingerprint density at radius 1 is 1.07 bits per heavy atom. The van der Waals surface area contributed by atoms with E-state index in [0.29, 0.717) is 24.4 Å². The van der Waals surface area contributed by atoms with Gasteiger partial charge in [0.05, 0.1) is 5.69 Å². The molecule has 0 radical (unpaired) electrons. The minimum atomic E-state index is -1.03. The summed E-state index contributed by atoms with van der Waals surface area (Å²) < 4.78 is 5.84. The fraction of sp³-hybridized carbons (Fsp3) is 0.261. The molecule has 6 heteroatoms. The number of carbonyl (C=O) groups is 1. The van der Waals surface area contributed by atoms with Crippen LogP contribution in [-0.2, 0) is 3.07 Å². The van der Waals surface area contributed by atoms with Gasteiger partial charge in [-0.3, -0.25) is 12.8 Å². The average Bonchev–Trinajstić information content (AvgIpc) is 3.09. The number of Topliss-reactive ketones (excluding diaryl/α,β-unsaturated/α-hetero) is 1. The molecule has 1 aromatic heterocycles. The summed E-state index contributed by atoms with van der Waals surface area (Å²) >= 11 is 1.86. The van der Waals surface area contributed by atoms with E-state index in [1.54, 1.807) is 0 Å². The van der Waals surface area contributed by atoms with Crippen LogP contribution in [0.2, 0.25) is 0 Å². The highest BCUT2D eigenvalue weighted by Crippen LogP contribution is 2.43. The second-order valence-corrected chi connectivity index (χ2v) is 8.32. The van der Waals surface area contributed by atoms with Gasteiger partial charge in [-0.05, 0) is 67.6 Å². The molecule has 0 amide bonds. The van der Waals surface area contributed by atoms with Crippen LogP contribution in [0.4, 0.5) is 11.4 Å². The van der Waals surface area contributed by atoms with Gasteiger partial charge in [0.15, 0.2) is 5.84 Å². The summed E-state index contributed by atoms with van der Waals surface area (Å²) in [4.78, 5) is 24.9. The first-order valence-electron chi connectivity index (χ1n) is 9.62. The third-order valence-corrected chi connectivity index (χ3v) is 6.79. The van der Waals surface area contributed by atoms with Crippen LogP contribution in [0.15, 0.2) is 47.6 Å². The minimum Gasteiger partial charge on any atom is -0.327 e. The SMILES string of the molecule is Cc1cc2cc(N3CC[C@@]4(OI)C(=O)c5cc(C)c(C)cc5N=C34)ccc2cn1. The predicted molar refractivity (Wildman–Crippen MR) is 124 cm³/mol. The number of carbonyl (C=O) groups excluding carboxylic acids is 1. The number of aromatic nitrogens is 1. The summed E-state index contributed by atoms with van der Waals surface area (Å²) in [5, 5.41) is 2.21. The Kier molecular flexibility index (Phi) is 4.25. The van der Waals surface area contributed by atoms with E-state index in [1.165, 1.54) is 0 Å². The van der Waals surface area contributed by atoms with E-state index in [-0.39, 0.29) is 5.78 Å². The number of halogens is 1. The number of fused-ring (bicyclic) bond motifs is 3. The number of pyridine rings is 1. The lowest BCUT2D eigenvalue weighted by Gasteiger charge is -2.32. The summed E-state index contributed by atoms with van der Waals surface area (Å²) in [6.07, 6.45) is 2.47. The van der Waals surface area contributed by atoms with Crippen LogP contribution in [0.1, 0.15) is 33.6 Å². The lowest BCUT2D eigenvalue weighted by Crippen LogP contribution is -2.49. The van der Waals surface area contributed by atoms with E-state index in [4.69, 9.17) is 8.06 Å². The van der Waals surface area contributed by atoms with E-state index < -0.39 is 5.60 Å². The minimum absolute atomic E-state index is 0.00154. The third kappa shape index (κ3) is 2.73. The van der Waals surface area contributed by atoms with Crippen molar-refractivity contribution in [3.63, 3.8) is 0 Å². The zero-order valence-corrected chi connectivity index (χ0v) is 18.6. The molecule has 0 saturated carbocycles. The number of rotatable bonds is 2. The van der Waals surface area contributed by atoms with E-state index in [9.17, 15) is 4.79 Å². The van der Waals surface area contributed by atoms with Gasteiger partial charge in [-0.15, -0.1) is 0 Å². The predicted octanol–water partition coefficient (Wildman–Crippen LogP) is 5.40. The van der Waals surface area contributed by atoms with Crippen molar-refractivity contribution in [1.29, 1.82) is 0 Å². The summed E-state index contributed by atoms with van der Waals surface area (Å²) in [6.45, 7) is 6.73. The zero-order chi connectivity index (χ0) is 20.3. The molecule has 1 fully saturated rings. The van der Waals surface area contributed by atoms with Gasteiger partial charge in [0.2, 0.25) is 11.4 Å². The van der Waals surface area contributed by atoms with Crippen LogP contribution in [0.5, 0.6) is 0 Å². The van der Waals surface area contributed by atoms with Gasteiger partial charge >= 0.3 is 0 Å². The lowest BCUT2D eigenvalue weighted by atomic mass is 9.86. The number of hydrogen-bond donors (Lipinski definition) is 0. The van der Waals surface area contributed by atoms with Crippen molar-refractivity contribution in [2.75, 3.05) is 11.4 Å². The first-order chi connectivity index (χ1) is 13.9. The number of amidine groups is 1. The quantitative estimate of drug-likeness (QED) is 0.445. The molecule has 0 aliphatic carbocycles. The summed E-state index contributed by atoms with van der Waals surface area (Å²) in [5.74, 6) is 0.677. The van der Waals surface area contributed by atoms with E-state index in [2.05, 4.69) is 34.1 Å². The highest BCUT2D eigenvalue weighted by Gasteiger charge is 2.55. The summed E-state index contributed by atoms with van der Waals surface area (Å²) in [7, 11) is 0. The van der Waals surface area contributed by atoms with Gasteiger partial charge < -0.3 is 4.90 Å². The van der Waals surface area contributed by atoms with Crippen molar-refractivity contribution in [2.45, 2.75) is 32.8 Å². The standard InChI is InChI=1S/C23H20IN3O2/c1-13-8-19-20(9-14(13)2)26-22-23(29-24,21(19)28)6-7-27(22)18-5-4-16-12-25-15(3)10-17(16)11-18/h4-5,8-12H,6-7H2,1-3H3/t23-/m1/s1. The molecule has 0 spiro atoms. The monoisotopic (exact) mass is 497 g/mol. The van der Waals surface area contributed by atoms with E-state index in [1.807, 2.05) is 62.1 Å². The average molecular weight is 497 g/mol. The van der Waals surface area contributed by atoms with Gasteiger partial charge in [-0.1, -0.05) is 6.07 Å². The summed E-state index contributed by atoms with van der Waals surface area (Å²) in [6, 6.07) is 12.3. The van der Waals surface area contributed by atoms with Gasteiger partial charge in [0.1, 0.15) is 23.0 Å². The van der Waals surface area contributed by atoms with Gasteiger partial charge in [0.25, 0.3) is 0 Å². The largest absolute Gasteiger partial charge is 0.327 e. The molecular formula is C23H20IN3O2. The molecule has 3 aromatic rings. The maximum Gasteiger partial charge on any atom is 0.205 e. The van der Waals surface area contributed by atoms with Crippen LogP contribution >= 0.6 is 23.0 Å². The molecule has 1 atom stereocenters. The normalized spacial score (nSPS) is 20.6. The van der Waals surface area contributed by atoms with Crippen molar-refractivity contribution in [2.24, 2.45) is 4.99 Å². The molecule has 0 unspecified atom stereocenters. The molecular weight excluding hydrogens is 477 g/mol.